The molecule has 0 atom stereocenters. The minimum absolute atomic E-state index is 0. The highest BCUT2D eigenvalue weighted by atomic mass is 127. The van der Waals surface area contributed by atoms with Gasteiger partial charge in [-0.1, -0.05) is 23.7 Å². The van der Waals surface area contributed by atoms with Gasteiger partial charge in [-0.3, -0.25) is 14.7 Å². The zero-order valence-electron chi connectivity index (χ0n) is 15.3. The van der Waals surface area contributed by atoms with Crippen LogP contribution in [-0.4, -0.2) is 55.5 Å². The van der Waals surface area contributed by atoms with Gasteiger partial charge in [-0.25, -0.2) is 4.79 Å². The van der Waals surface area contributed by atoms with Gasteiger partial charge in [0.15, 0.2) is 5.96 Å². The molecule has 1 aromatic carbocycles. The normalized spacial score (nSPS) is 18.0. The van der Waals surface area contributed by atoms with Gasteiger partial charge >= 0.3 is 6.03 Å². The van der Waals surface area contributed by atoms with E-state index in [9.17, 15) is 9.59 Å². The van der Waals surface area contributed by atoms with Crippen LogP contribution >= 0.6 is 35.6 Å². The van der Waals surface area contributed by atoms with E-state index in [4.69, 9.17) is 16.6 Å². The highest BCUT2D eigenvalue weighted by Crippen LogP contribution is 2.48. The molecule has 1 saturated heterocycles. The number of imide groups is 1. The molecule has 0 spiro atoms. The second kappa shape index (κ2) is 9.59. The fourth-order valence-corrected chi connectivity index (χ4v) is 3.24. The molecule has 1 heterocycles. The van der Waals surface area contributed by atoms with E-state index in [0.717, 1.165) is 24.4 Å². The number of carbonyl (C=O) groups excluding carboxylic acids is 2. The van der Waals surface area contributed by atoms with E-state index in [1.807, 2.05) is 25.1 Å². The van der Waals surface area contributed by atoms with Gasteiger partial charge in [-0.05, 0) is 37.5 Å². The van der Waals surface area contributed by atoms with E-state index >= 15 is 0 Å². The fourth-order valence-electron chi connectivity index (χ4n) is 3.05. The number of nitrogens with zero attached hydrogens (tertiary/aromatic N) is 2. The predicted octanol–water partition coefficient (Wildman–Crippen LogP) is 2.10. The maximum absolute atomic E-state index is 11.6. The van der Waals surface area contributed by atoms with Crippen molar-refractivity contribution in [1.82, 2.24) is 20.9 Å². The number of benzene rings is 1. The van der Waals surface area contributed by atoms with Crippen molar-refractivity contribution in [2.75, 3.05) is 32.7 Å². The Morgan fingerprint density at radius 1 is 1.33 bits per heavy atom. The summed E-state index contributed by atoms with van der Waals surface area (Å²) in [4.78, 5) is 29.1. The van der Waals surface area contributed by atoms with E-state index in [2.05, 4.69) is 22.0 Å². The van der Waals surface area contributed by atoms with Crippen LogP contribution in [0, 0.1) is 0 Å². The molecule has 2 fully saturated rings. The molecule has 2 aliphatic rings. The molecule has 7 nitrogen and oxygen atoms in total. The maximum Gasteiger partial charge on any atom is 0.324 e. The Morgan fingerprint density at radius 2 is 2.11 bits per heavy atom. The molecule has 1 aliphatic carbocycles. The molecule has 3 N–H and O–H groups in total. The fraction of sp³-hybridized carbons (Fsp3) is 0.500. The molecular weight excluding hydrogens is 481 g/mol. The number of rotatable bonds is 7. The Bertz CT molecular complexity index is 707. The summed E-state index contributed by atoms with van der Waals surface area (Å²) in [5.41, 5.74) is 1.29. The van der Waals surface area contributed by atoms with E-state index in [-0.39, 0.29) is 47.9 Å². The number of carbonyl (C=O) groups is 2. The van der Waals surface area contributed by atoms with E-state index in [1.165, 1.54) is 10.5 Å². The summed E-state index contributed by atoms with van der Waals surface area (Å²) in [6.45, 7) is 4.25. The predicted molar refractivity (Wildman–Crippen MR) is 117 cm³/mol. The van der Waals surface area contributed by atoms with Crippen LogP contribution in [0.25, 0.3) is 0 Å². The molecule has 1 aromatic rings. The van der Waals surface area contributed by atoms with Crippen LogP contribution in [0.4, 0.5) is 4.79 Å². The van der Waals surface area contributed by atoms with E-state index < -0.39 is 0 Å². The summed E-state index contributed by atoms with van der Waals surface area (Å²) in [6.07, 6.45) is 2.19. The number of urea groups is 1. The van der Waals surface area contributed by atoms with Crippen LogP contribution in [-0.2, 0) is 10.2 Å². The SMILES string of the molecule is CCNC(=NCC1(c2cccc(Cl)c2)CC1)NCCN1C(=O)CNC1=O.I. The molecule has 27 heavy (non-hydrogen) atoms. The lowest BCUT2D eigenvalue weighted by atomic mass is 9.96. The highest BCUT2D eigenvalue weighted by molar-refractivity contribution is 14.0. The molecule has 1 aliphatic heterocycles. The van der Waals surface area contributed by atoms with Crippen molar-refractivity contribution in [3.8, 4) is 0 Å². The monoisotopic (exact) mass is 505 g/mol. The minimum atomic E-state index is -0.336. The first-order valence-electron chi connectivity index (χ1n) is 8.90. The molecule has 0 radical (unpaired) electrons. The summed E-state index contributed by atoms with van der Waals surface area (Å²) in [7, 11) is 0. The average Bonchev–Trinajstić information content (AvgIpc) is 3.35. The van der Waals surface area contributed by atoms with Crippen LogP contribution in [0.5, 0.6) is 0 Å². The van der Waals surface area contributed by atoms with Gasteiger partial charge in [-0.15, -0.1) is 24.0 Å². The number of amides is 3. The molecule has 0 unspecified atom stereocenters. The Kier molecular flexibility index (Phi) is 7.72. The van der Waals surface area contributed by atoms with Gasteiger partial charge in [0.25, 0.3) is 0 Å². The first-order valence-corrected chi connectivity index (χ1v) is 9.28. The largest absolute Gasteiger partial charge is 0.357 e. The van der Waals surface area contributed by atoms with E-state index in [1.54, 1.807) is 0 Å². The van der Waals surface area contributed by atoms with Crippen LogP contribution in [0.15, 0.2) is 29.3 Å². The number of guanidine groups is 1. The lowest BCUT2D eigenvalue weighted by Crippen LogP contribution is -2.43. The van der Waals surface area contributed by atoms with Crippen molar-refractivity contribution >= 4 is 53.5 Å². The maximum atomic E-state index is 11.6. The number of hydrogen-bond acceptors (Lipinski definition) is 3. The van der Waals surface area contributed by atoms with Crippen molar-refractivity contribution in [2.45, 2.75) is 25.2 Å². The van der Waals surface area contributed by atoms with Gasteiger partial charge in [0.05, 0.1) is 13.1 Å². The number of hydrogen-bond donors (Lipinski definition) is 3. The molecule has 3 amide bonds. The standard InChI is InChI=1S/C18H24ClN5O2.HI/c1-2-20-16(21-8-9-24-15(25)11-22-17(24)26)23-12-18(6-7-18)13-4-3-5-14(19)10-13;/h3-5,10H,2,6-9,11-12H2,1H3,(H,22,26)(H2,20,21,23);1H. The summed E-state index contributed by atoms with van der Waals surface area (Å²) in [6, 6.07) is 7.64. The Morgan fingerprint density at radius 3 is 2.70 bits per heavy atom. The quantitative estimate of drug-likeness (QED) is 0.229. The summed E-state index contributed by atoms with van der Waals surface area (Å²) in [5, 5.41) is 9.65. The van der Waals surface area contributed by atoms with Crippen molar-refractivity contribution in [1.29, 1.82) is 0 Å². The first-order chi connectivity index (χ1) is 12.5. The summed E-state index contributed by atoms with van der Waals surface area (Å²) < 4.78 is 0. The molecule has 3 rings (SSSR count). The first kappa shape index (κ1) is 21.7. The topological polar surface area (TPSA) is 85.8 Å². The van der Waals surface area contributed by atoms with Gasteiger partial charge in [0.2, 0.25) is 5.91 Å². The highest BCUT2D eigenvalue weighted by Gasteiger charge is 2.44. The Balaban J connectivity index is 0.00000261. The molecule has 0 bridgehead atoms. The van der Waals surface area contributed by atoms with Crippen molar-refractivity contribution in [3.05, 3.63) is 34.9 Å². The van der Waals surface area contributed by atoms with Crippen molar-refractivity contribution < 1.29 is 9.59 Å². The van der Waals surface area contributed by atoms with Gasteiger partial charge < -0.3 is 16.0 Å². The van der Waals surface area contributed by atoms with E-state index in [0.29, 0.717) is 25.6 Å². The van der Waals surface area contributed by atoms with Crippen molar-refractivity contribution in [3.63, 3.8) is 0 Å². The molecule has 0 aromatic heterocycles. The third-order valence-corrected chi connectivity index (χ3v) is 4.97. The number of halogens is 2. The molecular formula is C18H25ClIN5O2. The van der Waals surface area contributed by atoms with Crippen LogP contribution < -0.4 is 16.0 Å². The lowest BCUT2D eigenvalue weighted by molar-refractivity contribution is -0.124. The molecule has 148 valence electrons. The Labute approximate surface area is 181 Å². The van der Waals surface area contributed by atoms with Gasteiger partial charge in [0.1, 0.15) is 0 Å². The minimum Gasteiger partial charge on any atom is -0.357 e. The number of nitrogens with one attached hydrogen (secondary N) is 3. The second-order valence-electron chi connectivity index (χ2n) is 6.62. The van der Waals surface area contributed by atoms with Gasteiger partial charge in [-0.2, -0.15) is 0 Å². The lowest BCUT2D eigenvalue weighted by Gasteiger charge is -2.17. The average molecular weight is 506 g/mol. The van der Waals surface area contributed by atoms with Gasteiger partial charge in [0, 0.05) is 30.1 Å². The van der Waals surface area contributed by atoms with Crippen molar-refractivity contribution in [2.24, 2.45) is 4.99 Å². The summed E-state index contributed by atoms with van der Waals surface area (Å²) >= 11 is 6.12. The zero-order valence-corrected chi connectivity index (χ0v) is 18.3. The second-order valence-corrected chi connectivity index (χ2v) is 7.05. The molecule has 1 saturated carbocycles. The van der Waals surface area contributed by atoms with Crippen LogP contribution in [0.3, 0.4) is 0 Å². The Hall–Kier alpha value is -1.55. The zero-order chi connectivity index (χ0) is 18.6. The van der Waals surface area contributed by atoms with Crippen LogP contribution in [0.1, 0.15) is 25.3 Å². The summed E-state index contributed by atoms with van der Waals surface area (Å²) in [5.74, 6) is 0.490. The molecule has 9 heteroatoms. The smallest absolute Gasteiger partial charge is 0.324 e. The van der Waals surface area contributed by atoms with Crippen LogP contribution in [0.2, 0.25) is 5.02 Å². The third kappa shape index (κ3) is 5.47. The third-order valence-electron chi connectivity index (χ3n) is 4.74. The number of aliphatic imine (C=N–C) groups is 1.